The van der Waals surface area contributed by atoms with Crippen LogP contribution < -0.4 is 9.88 Å². The number of imidazole rings is 1. The van der Waals surface area contributed by atoms with Gasteiger partial charge in [0.15, 0.2) is 0 Å². The molecule has 10 nitrogen and oxygen atoms in total. The highest BCUT2D eigenvalue weighted by atomic mass is 32.3. The molecule has 2 aromatic rings. The van der Waals surface area contributed by atoms with Crippen LogP contribution in [0.15, 0.2) is 23.9 Å². The molecule has 0 bridgehead atoms. The van der Waals surface area contributed by atoms with E-state index in [2.05, 4.69) is 50.2 Å². The van der Waals surface area contributed by atoms with Gasteiger partial charge in [-0.05, 0) is 25.8 Å². The van der Waals surface area contributed by atoms with E-state index in [1.165, 1.54) is 37.3 Å². The quantitative estimate of drug-likeness (QED) is 0.486. The normalized spacial score (nSPS) is 15.9. The van der Waals surface area contributed by atoms with Crippen molar-refractivity contribution in [3.63, 3.8) is 0 Å². The third-order valence-electron chi connectivity index (χ3n) is 3.77. The van der Waals surface area contributed by atoms with Gasteiger partial charge in [0, 0.05) is 6.04 Å². The predicted octanol–water partition coefficient (Wildman–Crippen LogP) is 0.260. The Morgan fingerprint density at radius 1 is 1.43 bits per heavy atom. The average molecular weight is 442 g/mol. The number of halogens is 2. The Morgan fingerprint density at radius 2 is 2.14 bits per heavy atom. The van der Waals surface area contributed by atoms with Crippen LogP contribution in [0.1, 0.15) is 32.6 Å². The topological polar surface area (TPSA) is 131 Å². The van der Waals surface area contributed by atoms with Crippen molar-refractivity contribution in [2.45, 2.75) is 56.9 Å². The van der Waals surface area contributed by atoms with Gasteiger partial charge in [-0.3, -0.25) is 0 Å². The number of aromatic nitrogens is 5. The van der Waals surface area contributed by atoms with Crippen LogP contribution in [0.3, 0.4) is 0 Å². The van der Waals surface area contributed by atoms with Gasteiger partial charge < -0.3 is 5.32 Å². The summed E-state index contributed by atoms with van der Waals surface area (Å²) in [5, 5.41) is 6.58. The van der Waals surface area contributed by atoms with E-state index in [9.17, 15) is 16.7 Å². The van der Waals surface area contributed by atoms with E-state index in [0.717, 1.165) is 13.1 Å². The van der Waals surface area contributed by atoms with E-state index in [1.54, 1.807) is 0 Å². The number of hydrogen-bond acceptors (Lipinski definition) is 7. The van der Waals surface area contributed by atoms with E-state index >= 15 is 0 Å². The molecule has 0 amide bonds. The summed E-state index contributed by atoms with van der Waals surface area (Å²) in [6, 6.07) is 0.692. The molecule has 1 aliphatic heterocycles. The first-order valence-corrected chi connectivity index (χ1v) is 10.6. The maximum atomic E-state index is 11.8. The van der Waals surface area contributed by atoms with E-state index in [0.29, 0.717) is 6.04 Å². The minimum absolute atomic E-state index is 0.692. The van der Waals surface area contributed by atoms with Gasteiger partial charge in [0.2, 0.25) is 6.33 Å². The number of aromatic amines is 1. The largest absolute Gasteiger partial charge is 0.370 e. The number of rotatable bonds is 6. The molecule has 3 heterocycles. The predicted molar refractivity (Wildman–Crippen MR) is 94.1 cm³/mol. The van der Waals surface area contributed by atoms with Gasteiger partial charge in [0.1, 0.15) is 18.9 Å². The Bertz CT molecular complexity index is 846. The monoisotopic (exact) mass is 441 g/mol. The lowest BCUT2D eigenvalue weighted by atomic mass is 10.2. The fourth-order valence-electron chi connectivity index (χ4n) is 2.52. The number of unbranched alkanes of at least 4 members (excludes halogenated alkanes) is 1. The Morgan fingerprint density at radius 3 is 2.61 bits per heavy atom. The number of H-pyrrole nitrogens is 1. The fraction of sp³-hybridized carbons (Fsp3) is 0.643. The lowest BCUT2D eigenvalue weighted by Gasteiger charge is -2.05. The summed E-state index contributed by atoms with van der Waals surface area (Å²) in [6.07, 6.45) is 10.6. The van der Waals surface area contributed by atoms with Gasteiger partial charge >= 0.3 is 33.0 Å². The highest BCUT2D eigenvalue weighted by molar-refractivity contribution is 7.86. The third kappa shape index (κ3) is 9.23. The molecule has 2 aromatic heterocycles. The summed E-state index contributed by atoms with van der Waals surface area (Å²) < 4.78 is 64.5. The molecule has 1 saturated heterocycles. The molecule has 3 rings (SSSR count). The van der Waals surface area contributed by atoms with E-state index in [-0.39, 0.29) is 0 Å². The number of nitrogens with zero attached hydrogens (tertiary/aromatic N) is 4. The lowest BCUT2D eigenvalue weighted by molar-refractivity contribution is -0.698. The molecule has 0 saturated carbocycles. The fourth-order valence-corrected chi connectivity index (χ4v) is 2.87. The van der Waals surface area contributed by atoms with Crippen LogP contribution in [-0.2, 0) is 34.9 Å². The van der Waals surface area contributed by atoms with Crippen LogP contribution in [-0.4, -0.2) is 49.2 Å². The van der Waals surface area contributed by atoms with Crippen LogP contribution in [0, 0.1) is 6.08 Å². The molecular weight excluding hydrogens is 418 g/mol. The zero-order chi connectivity index (χ0) is 21.0. The molecule has 0 aliphatic carbocycles. The van der Waals surface area contributed by atoms with Gasteiger partial charge in [-0.15, -0.1) is 5.10 Å². The van der Waals surface area contributed by atoms with E-state index in [4.69, 9.17) is 8.42 Å². The van der Waals surface area contributed by atoms with Crippen molar-refractivity contribution >= 4 is 21.8 Å². The molecule has 158 valence electrons. The van der Waals surface area contributed by atoms with Gasteiger partial charge in [0.25, 0.3) is 0 Å². The van der Waals surface area contributed by atoms with Crippen molar-refractivity contribution in [2.75, 3.05) is 6.54 Å². The molecule has 0 spiro atoms. The summed E-state index contributed by atoms with van der Waals surface area (Å²) in [5.74, 6) is 0. The Balaban J connectivity index is 0.000000261. The molecular formula is C14H23F2N6O4S2+. The molecule has 1 fully saturated rings. The minimum Gasteiger partial charge on any atom is -0.310 e. The molecule has 0 radical (unpaired) electrons. The molecule has 0 aromatic carbocycles. The second-order valence-electron chi connectivity index (χ2n) is 5.91. The summed E-state index contributed by atoms with van der Waals surface area (Å²) in [4.78, 5) is 2.59. The Kier molecular flexibility index (Phi) is 10.6. The van der Waals surface area contributed by atoms with Crippen LogP contribution >= 0.6 is 0 Å². The molecule has 28 heavy (non-hydrogen) atoms. The first kappa shape index (κ1) is 24.0. The SMILES string of the molecule is CCCCn1cc[n+](C[C@@H]2CCCN2)c1.O=S(=O)(F)c1n[nH]c(F)n1.O=S=O. The highest BCUT2D eigenvalue weighted by Gasteiger charge is 2.18. The standard InChI is InChI=1S/C12H22N3.C2HF2N3O2S.O2S/c1-2-3-7-14-8-9-15(11-14)10-12-5-4-6-13-12;3-1-5-2(7-6-1)10(4,8)9;1-3-2/h8-9,11-13H,2-7,10H2,1H3;(H,5,6,7);/q+1;;/t12-;;/m0../s1. The summed E-state index contributed by atoms with van der Waals surface area (Å²) in [6.45, 7) is 5.71. The van der Waals surface area contributed by atoms with Crippen molar-refractivity contribution in [1.82, 2.24) is 25.1 Å². The van der Waals surface area contributed by atoms with Crippen molar-refractivity contribution in [3.8, 4) is 0 Å². The number of hydrogen-bond donors (Lipinski definition) is 2. The van der Waals surface area contributed by atoms with Gasteiger partial charge in [-0.1, -0.05) is 17.2 Å². The van der Waals surface area contributed by atoms with Gasteiger partial charge in [-0.2, -0.15) is 26.2 Å². The van der Waals surface area contributed by atoms with Crippen LogP contribution in [0.2, 0.25) is 0 Å². The first-order chi connectivity index (χ1) is 13.3. The Labute approximate surface area is 165 Å². The third-order valence-corrected chi connectivity index (χ3v) is 4.38. The molecule has 1 aliphatic rings. The second kappa shape index (κ2) is 12.4. The highest BCUT2D eigenvalue weighted by Crippen LogP contribution is 2.04. The van der Waals surface area contributed by atoms with Crippen LogP contribution in [0.5, 0.6) is 0 Å². The lowest BCUT2D eigenvalue weighted by Crippen LogP contribution is -2.41. The maximum absolute atomic E-state index is 11.8. The zero-order valence-electron chi connectivity index (χ0n) is 15.3. The summed E-state index contributed by atoms with van der Waals surface area (Å²) in [5.41, 5.74) is 0. The van der Waals surface area contributed by atoms with Crippen LogP contribution in [0.25, 0.3) is 0 Å². The molecule has 14 heteroatoms. The van der Waals surface area contributed by atoms with Gasteiger partial charge in [-0.25, -0.2) is 14.2 Å². The number of nitrogens with one attached hydrogen (secondary N) is 2. The summed E-state index contributed by atoms with van der Waals surface area (Å²) in [7, 11) is -4.98. The summed E-state index contributed by atoms with van der Waals surface area (Å²) >= 11 is -0.750. The van der Waals surface area contributed by atoms with Crippen molar-refractivity contribution in [1.29, 1.82) is 0 Å². The zero-order valence-corrected chi connectivity index (χ0v) is 16.9. The minimum atomic E-state index is -4.98. The molecule has 0 unspecified atom stereocenters. The second-order valence-corrected chi connectivity index (χ2v) is 7.29. The van der Waals surface area contributed by atoms with Crippen molar-refractivity contribution in [3.05, 3.63) is 24.8 Å². The van der Waals surface area contributed by atoms with Crippen LogP contribution in [0.4, 0.5) is 8.28 Å². The number of aryl methyl sites for hydroxylation is 1. The van der Waals surface area contributed by atoms with E-state index < -0.39 is 33.0 Å². The molecule has 1 atom stereocenters. The Hall–Kier alpha value is -2.06. The van der Waals surface area contributed by atoms with E-state index in [1.807, 2.05) is 0 Å². The maximum Gasteiger partial charge on any atom is 0.370 e. The molecule has 2 N–H and O–H groups in total. The van der Waals surface area contributed by atoms with Gasteiger partial charge in [0.05, 0.1) is 6.54 Å². The first-order valence-electron chi connectivity index (χ1n) is 8.52. The van der Waals surface area contributed by atoms with Crippen molar-refractivity contribution < 1.29 is 29.7 Å². The average Bonchev–Trinajstić information content (AvgIpc) is 3.37. The van der Waals surface area contributed by atoms with Crippen molar-refractivity contribution in [2.24, 2.45) is 0 Å². The smallest absolute Gasteiger partial charge is 0.310 e.